The number of anilines is 1. The molecule has 0 amide bonds. The molecule has 0 radical (unpaired) electrons. The Morgan fingerprint density at radius 2 is 2.00 bits per heavy atom. The van der Waals surface area contributed by atoms with Crippen molar-refractivity contribution in [3.05, 3.63) is 40.7 Å². The summed E-state index contributed by atoms with van der Waals surface area (Å²) >= 11 is 0. The van der Waals surface area contributed by atoms with Crippen LogP contribution in [0.2, 0.25) is 0 Å². The lowest BCUT2D eigenvalue weighted by Gasteiger charge is -2.10. The number of benzene rings is 1. The van der Waals surface area contributed by atoms with Gasteiger partial charge in [0.25, 0.3) is 5.56 Å². The van der Waals surface area contributed by atoms with Gasteiger partial charge in [-0.05, 0) is 23.9 Å². The van der Waals surface area contributed by atoms with Crippen LogP contribution in [-0.4, -0.2) is 4.57 Å². The number of nitrogens with two attached hydrogens (primary N) is 1. The third-order valence-corrected chi connectivity index (χ3v) is 3.04. The number of nitrogens with zero attached hydrogens (tertiary/aromatic N) is 1. The Morgan fingerprint density at radius 1 is 1.24 bits per heavy atom. The second-order valence-corrected chi connectivity index (χ2v) is 4.32. The van der Waals surface area contributed by atoms with Gasteiger partial charge in [0.1, 0.15) is 5.82 Å². The molecule has 2 aromatic rings. The number of fused-ring (bicyclic) bond motifs is 1. The van der Waals surface area contributed by atoms with E-state index in [2.05, 4.69) is 6.92 Å². The maximum atomic E-state index is 12.2. The summed E-state index contributed by atoms with van der Waals surface area (Å²) in [5, 5.41) is 1.67. The Morgan fingerprint density at radius 3 is 2.76 bits per heavy atom. The highest BCUT2D eigenvalue weighted by Gasteiger charge is 2.05. The van der Waals surface area contributed by atoms with E-state index in [1.54, 1.807) is 4.57 Å². The van der Waals surface area contributed by atoms with Crippen molar-refractivity contribution in [2.24, 2.45) is 0 Å². The molecule has 0 saturated carbocycles. The van der Waals surface area contributed by atoms with E-state index in [9.17, 15) is 4.79 Å². The van der Waals surface area contributed by atoms with E-state index >= 15 is 0 Å². The molecule has 0 aliphatic carbocycles. The summed E-state index contributed by atoms with van der Waals surface area (Å²) in [7, 11) is 0. The number of pyridine rings is 1. The standard InChI is InChI=1S/C14H18N2O/c1-2-3-6-9-16-13(15)10-11-7-4-5-8-12(11)14(16)17/h4-5,7-8,10H,2-3,6,9,15H2,1H3. The molecule has 1 aromatic carbocycles. The maximum absolute atomic E-state index is 12.2. The molecular weight excluding hydrogens is 212 g/mol. The van der Waals surface area contributed by atoms with E-state index in [0.717, 1.165) is 30.0 Å². The van der Waals surface area contributed by atoms with Crippen LogP contribution in [0.4, 0.5) is 5.82 Å². The van der Waals surface area contributed by atoms with E-state index in [1.165, 1.54) is 0 Å². The summed E-state index contributed by atoms with van der Waals surface area (Å²) in [6, 6.07) is 9.46. The zero-order chi connectivity index (χ0) is 12.3. The molecular formula is C14H18N2O. The number of rotatable bonds is 4. The van der Waals surface area contributed by atoms with Gasteiger partial charge in [0.15, 0.2) is 0 Å². The van der Waals surface area contributed by atoms with Crippen LogP contribution in [0.1, 0.15) is 26.2 Å². The third kappa shape index (κ3) is 2.33. The molecule has 0 bridgehead atoms. The highest BCUT2D eigenvalue weighted by atomic mass is 16.1. The minimum Gasteiger partial charge on any atom is -0.385 e. The largest absolute Gasteiger partial charge is 0.385 e. The lowest BCUT2D eigenvalue weighted by molar-refractivity contribution is 0.596. The second-order valence-electron chi connectivity index (χ2n) is 4.32. The Labute approximate surface area is 101 Å². The van der Waals surface area contributed by atoms with Crippen LogP contribution in [0, 0.1) is 0 Å². The Bertz CT molecular complexity index is 572. The quantitative estimate of drug-likeness (QED) is 0.821. The lowest BCUT2D eigenvalue weighted by Crippen LogP contribution is -2.23. The topological polar surface area (TPSA) is 48.0 Å². The van der Waals surface area contributed by atoms with E-state index in [0.29, 0.717) is 12.4 Å². The van der Waals surface area contributed by atoms with Crippen LogP contribution in [0.15, 0.2) is 35.1 Å². The normalized spacial score (nSPS) is 10.9. The maximum Gasteiger partial charge on any atom is 0.259 e. The molecule has 0 spiro atoms. The molecule has 2 rings (SSSR count). The smallest absolute Gasteiger partial charge is 0.259 e. The predicted octanol–water partition coefficient (Wildman–Crippen LogP) is 2.77. The molecule has 0 unspecified atom stereocenters. The third-order valence-electron chi connectivity index (χ3n) is 3.04. The van der Waals surface area contributed by atoms with Crippen molar-refractivity contribution in [2.45, 2.75) is 32.7 Å². The summed E-state index contributed by atoms with van der Waals surface area (Å²) < 4.78 is 1.68. The number of nitrogen functional groups attached to an aromatic ring is 1. The van der Waals surface area contributed by atoms with Crippen molar-refractivity contribution in [1.82, 2.24) is 4.57 Å². The first-order chi connectivity index (χ1) is 8.24. The molecule has 1 heterocycles. The summed E-state index contributed by atoms with van der Waals surface area (Å²) in [6.45, 7) is 2.86. The number of aromatic nitrogens is 1. The number of hydrogen-bond donors (Lipinski definition) is 1. The van der Waals surface area contributed by atoms with Gasteiger partial charge in [0.05, 0.1) is 0 Å². The fraction of sp³-hybridized carbons (Fsp3) is 0.357. The molecule has 2 N–H and O–H groups in total. The minimum absolute atomic E-state index is 0.0247. The number of unbranched alkanes of at least 4 members (excludes halogenated alkanes) is 2. The summed E-state index contributed by atoms with van der Waals surface area (Å²) in [6.07, 6.45) is 3.26. The zero-order valence-electron chi connectivity index (χ0n) is 10.1. The predicted molar refractivity (Wildman–Crippen MR) is 72.1 cm³/mol. The van der Waals surface area contributed by atoms with E-state index in [1.807, 2.05) is 30.3 Å². The first-order valence-corrected chi connectivity index (χ1v) is 6.12. The van der Waals surface area contributed by atoms with Crippen LogP contribution in [0.5, 0.6) is 0 Å². The summed E-state index contributed by atoms with van der Waals surface area (Å²) in [5.74, 6) is 0.560. The van der Waals surface area contributed by atoms with E-state index in [4.69, 9.17) is 5.73 Å². The summed E-state index contributed by atoms with van der Waals surface area (Å²) in [4.78, 5) is 12.2. The zero-order valence-corrected chi connectivity index (χ0v) is 10.1. The van der Waals surface area contributed by atoms with Gasteiger partial charge in [-0.1, -0.05) is 38.0 Å². The molecule has 3 heteroatoms. The van der Waals surface area contributed by atoms with Gasteiger partial charge in [-0.3, -0.25) is 9.36 Å². The lowest BCUT2D eigenvalue weighted by atomic mass is 10.1. The summed E-state index contributed by atoms with van der Waals surface area (Å²) in [5.41, 5.74) is 5.96. The molecule has 0 aliphatic heterocycles. The van der Waals surface area contributed by atoms with Crippen molar-refractivity contribution in [2.75, 3.05) is 5.73 Å². The van der Waals surface area contributed by atoms with Crippen LogP contribution in [0.3, 0.4) is 0 Å². The molecule has 90 valence electrons. The first kappa shape index (κ1) is 11.7. The Kier molecular flexibility index (Phi) is 3.47. The van der Waals surface area contributed by atoms with Crippen LogP contribution in [-0.2, 0) is 6.54 Å². The SMILES string of the molecule is CCCCCn1c(N)cc2ccccc2c1=O. The van der Waals surface area contributed by atoms with Gasteiger partial charge in [-0.15, -0.1) is 0 Å². The molecule has 0 atom stereocenters. The van der Waals surface area contributed by atoms with Crippen molar-refractivity contribution in [3.8, 4) is 0 Å². The van der Waals surface area contributed by atoms with Gasteiger partial charge in [-0.2, -0.15) is 0 Å². The van der Waals surface area contributed by atoms with Gasteiger partial charge in [-0.25, -0.2) is 0 Å². The highest BCUT2D eigenvalue weighted by Crippen LogP contribution is 2.13. The van der Waals surface area contributed by atoms with Gasteiger partial charge >= 0.3 is 0 Å². The fourth-order valence-electron chi connectivity index (χ4n) is 2.07. The van der Waals surface area contributed by atoms with Gasteiger partial charge < -0.3 is 5.73 Å². The van der Waals surface area contributed by atoms with Crippen molar-refractivity contribution in [1.29, 1.82) is 0 Å². The molecule has 0 aliphatic rings. The Balaban J connectivity index is 2.45. The average molecular weight is 230 g/mol. The molecule has 17 heavy (non-hydrogen) atoms. The molecule has 0 fully saturated rings. The average Bonchev–Trinajstić information content (AvgIpc) is 2.33. The first-order valence-electron chi connectivity index (χ1n) is 6.12. The van der Waals surface area contributed by atoms with E-state index < -0.39 is 0 Å². The van der Waals surface area contributed by atoms with Crippen molar-refractivity contribution < 1.29 is 0 Å². The highest BCUT2D eigenvalue weighted by molar-refractivity contribution is 5.83. The van der Waals surface area contributed by atoms with Crippen LogP contribution in [0.25, 0.3) is 10.8 Å². The molecule has 1 aromatic heterocycles. The Hall–Kier alpha value is -1.77. The minimum atomic E-state index is 0.0247. The van der Waals surface area contributed by atoms with Gasteiger partial charge in [0, 0.05) is 11.9 Å². The van der Waals surface area contributed by atoms with Crippen LogP contribution >= 0.6 is 0 Å². The van der Waals surface area contributed by atoms with Crippen molar-refractivity contribution >= 4 is 16.6 Å². The number of hydrogen-bond acceptors (Lipinski definition) is 2. The second kappa shape index (κ2) is 5.04. The monoisotopic (exact) mass is 230 g/mol. The fourth-order valence-corrected chi connectivity index (χ4v) is 2.07. The van der Waals surface area contributed by atoms with Gasteiger partial charge in [0.2, 0.25) is 0 Å². The molecule has 3 nitrogen and oxygen atoms in total. The molecule has 0 saturated heterocycles. The van der Waals surface area contributed by atoms with Crippen LogP contribution < -0.4 is 11.3 Å². The van der Waals surface area contributed by atoms with E-state index in [-0.39, 0.29) is 5.56 Å². The van der Waals surface area contributed by atoms with Crippen molar-refractivity contribution in [3.63, 3.8) is 0 Å².